The Bertz CT molecular complexity index is 738. The first kappa shape index (κ1) is 26.6. The molecule has 29 heavy (non-hydrogen) atoms. The number of ether oxygens (including phenoxy) is 1. The van der Waals surface area contributed by atoms with E-state index in [4.69, 9.17) is 14.3 Å². The van der Waals surface area contributed by atoms with Gasteiger partial charge in [-0.05, 0) is 44.9 Å². The Morgan fingerprint density at radius 2 is 1.93 bits per heavy atom. The molecule has 0 unspecified atom stereocenters. The molecule has 0 aliphatic carbocycles. The molecule has 2 rings (SSSR count). The van der Waals surface area contributed by atoms with Crippen molar-refractivity contribution < 1.29 is 38.0 Å². The van der Waals surface area contributed by atoms with Gasteiger partial charge in [0.2, 0.25) is 0 Å². The van der Waals surface area contributed by atoms with E-state index in [1.165, 1.54) is 0 Å². The first-order valence-electron chi connectivity index (χ1n) is 9.18. The van der Waals surface area contributed by atoms with Gasteiger partial charge in [-0.2, -0.15) is 26.8 Å². The van der Waals surface area contributed by atoms with Gasteiger partial charge in [-0.15, -0.1) is 6.07 Å². The monoisotopic (exact) mass is 394 g/mol. The summed E-state index contributed by atoms with van der Waals surface area (Å²) in [5.41, 5.74) is 1.46. The maximum Gasteiger partial charge on any atom is 1.00 e. The molecule has 2 heterocycles. The van der Waals surface area contributed by atoms with Gasteiger partial charge in [-0.25, -0.2) is 4.79 Å². The zero-order valence-corrected chi connectivity index (χ0v) is 17.6. The van der Waals surface area contributed by atoms with E-state index in [1.807, 2.05) is 50.0 Å². The van der Waals surface area contributed by atoms with Crippen molar-refractivity contribution in [1.82, 2.24) is 20.1 Å². The molecule has 1 amide bonds. The molecule has 152 valence electrons. The van der Waals surface area contributed by atoms with Crippen LogP contribution in [0.2, 0.25) is 0 Å². The molecular formula is C20H27LiN4O4. The van der Waals surface area contributed by atoms with Crippen molar-refractivity contribution in [2.24, 2.45) is 0 Å². The molecule has 0 aliphatic heterocycles. The second-order valence-corrected chi connectivity index (χ2v) is 7.07. The van der Waals surface area contributed by atoms with Crippen LogP contribution in [0.4, 0.5) is 4.79 Å². The fourth-order valence-corrected chi connectivity index (χ4v) is 2.36. The fraction of sp³-hybridized carbons (Fsp3) is 0.500. The average molecular weight is 394 g/mol. The zero-order chi connectivity index (χ0) is 20.8. The predicted octanol–water partition coefficient (Wildman–Crippen LogP) is 0.251. The number of amides is 1. The minimum Gasteiger partial charge on any atom is -0.444 e. The predicted molar refractivity (Wildman–Crippen MR) is 102 cm³/mol. The Balaban J connectivity index is 0.00000184. The molecule has 0 aromatic carbocycles. The van der Waals surface area contributed by atoms with Crippen LogP contribution < -0.4 is 24.2 Å². The molecule has 0 fully saturated rings. The minimum absolute atomic E-state index is 0. The normalized spacial score (nSPS) is 10.0. The summed E-state index contributed by atoms with van der Waals surface area (Å²) in [6, 6.07) is 5.66. The van der Waals surface area contributed by atoms with E-state index in [1.54, 1.807) is 6.07 Å². The second-order valence-electron chi connectivity index (χ2n) is 7.07. The van der Waals surface area contributed by atoms with Gasteiger partial charge in [-0.3, -0.25) is 4.68 Å². The van der Waals surface area contributed by atoms with E-state index in [-0.39, 0.29) is 31.1 Å². The van der Waals surface area contributed by atoms with Crippen molar-refractivity contribution in [1.29, 1.82) is 0 Å². The van der Waals surface area contributed by atoms with Crippen LogP contribution in [0.25, 0.3) is 11.3 Å². The number of rotatable bonds is 8. The number of alkyl carbamates (subject to hydrolysis) is 1. The van der Waals surface area contributed by atoms with Crippen LogP contribution in [0.1, 0.15) is 46.5 Å². The number of aromatic nitrogens is 3. The van der Waals surface area contributed by atoms with E-state index < -0.39 is 5.60 Å². The maximum atomic E-state index is 11.5. The van der Waals surface area contributed by atoms with Gasteiger partial charge in [0.15, 0.2) is 0 Å². The molecule has 1 N–H and O–H groups in total. The van der Waals surface area contributed by atoms with E-state index >= 15 is 0 Å². The Morgan fingerprint density at radius 1 is 1.24 bits per heavy atom. The minimum atomic E-state index is -0.444. The molecule has 0 saturated carbocycles. The van der Waals surface area contributed by atoms with Gasteiger partial charge in [0.25, 0.3) is 0 Å². The topological polar surface area (TPSA) is 103 Å². The molecule has 0 spiro atoms. The molecular weight excluding hydrogens is 367 g/mol. The number of pyridine rings is 1. The summed E-state index contributed by atoms with van der Waals surface area (Å²) in [4.78, 5) is 32.0. The summed E-state index contributed by atoms with van der Waals surface area (Å²) in [6.07, 6.45) is 10.8. The number of aryl methyl sites for hydroxylation is 1. The van der Waals surface area contributed by atoms with E-state index in [0.717, 1.165) is 43.5 Å². The molecule has 0 radical (unpaired) electrons. The maximum absolute atomic E-state index is 11.5. The number of nitrogens with one attached hydrogen (secondary N) is 1. The van der Waals surface area contributed by atoms with Crippen LogP contribution in [-0.4, -0.2) is 39.2 Å². The summed E-state index contributed by atoms with van der Waals surface area (Å²) < 4.78 is 7.14. The van der Waals surface area contributed by atoms with Crippen molar-refractivity contribution in [3.8, 4) is 11.3 Å². The number of hydrogen-bond donors (Lipinski definition) is 1. The van der Waals surface area contributed by atoms with Crippen LogP contribution >= 0.6 is 0 Å². The smallest absolute Gasteiger partial charge is 0.444 e. The van der Waals surface area contributed by atoms with Gasteiger partial charge in [-0.1, -0.05) is 19.0 Å². The SMILES string of the molecule is CC(C)(C)OC(=O)NCCCCCCn1cc(-c2ccc[c-]n2)cn1.O=C=O.[Li+]. The number of nitrogens with zero attached hydrogens (tertiary/aromatic N) is 3. The van der Waals surface area contributed by atoms with Crippen molar-refractivity contribution in [2.75, 3.05) is 6.54 Å². The Kier molecular flexibility index (Phi) is 13.4. The molecule has 2 aromatic rings. The Labute approximate surface area is 183 Å². The number of carbonyl (C=O) groups is 1. The van der Waals surface area contributed by atoms with Gasteiger partial charge >= 0.3 is 31.1 Å². The summed E-state index contributed by atoms with van der Waals surface area (Å²) in [6.45, 7) is 7.12. The molecule has 8 nitrogen and oxygen atoms in total. The first-order valence-corrected chi connectivity index (χ1v) is 9.18. The summed E-state index contributed by atoms with van der Waals surface area (Å²) in [5.74, 6) is 0. The van der Waals surface area contributed by atoms with Crippen molar-refractivity contribution in [2.45, 2.75) is 58.6 Å². The number of unbranched alkanes of at least 4 members (excludes halogenated alkanes) is 3. The molecule has 0 saturated heterocycles. The molecule has 0 aliphatic rings. The molecule has 0 atom stereocenters. The largest absolute Gasteiger partial charge is 1.00 e. The van der Waals surface area contributed by atoms with E-state index in [9.17, 15) is 4.79 Å². The van der Waals surface area contributed by atoms with Crippen molar-refractivity contribution in [3.05, 3.63) is 36.8 Å². The van der Waals surface area contributed by atoms with E-state index in [0.29, 0.717) is 6.54 Å². The third-order valence-electron chi connectivity index (χ3n) is 3.52. The third-order valence-corrected chi connectivity index (χ3v) is 3.52. The molecule has 2 aromatic heterocycles. The third kappa shape index (κ3) is 12.6. The van der Waals surface area contributed by atoms with E-state index in [2.05, 4.69) is 21.6 Å². The van der Waals surface area contributed by atoms with Gasteiger partial charge in [0.1, 0.15) is 5.60 Å². The Hall–Kier alpha value is -2.39. The number of carbonyl (C=O) groups excluding carboxylic acids is 3. The van der Waals surface area contributed by atoms with Crippen LogP contribution in [-0.2, 0) is 20.9 Å². The molecule has 9 heteroatoms. The van der Waals surface area contributed by atoms with Gasteiger partial charge in [0, 0.05) is 25.5 Å². The van der Waals surface area contributed by atoms with Gasteiger partial charge in [0.05, 0.1) is 0 Å². The average Bonchev–Trinajstić information content (AvgIpc) is 3.10. The van der Waals surface area contributed by atoms with Crippen LogP contribution in [0.5, 0.6) is 0 Å². The van der Waals surface area contributed by atoms with Crippen LogP contribution in [0.3, 0.4) is 0 Å². The number of hydrogen-bond acceptors (Lipinski definition) is 6. The Morgan fingerprint density at radius 3 is 2.55 bits per heavy atom. The van der Waals surface area contributed by atoms with Crippen molar-refractivity contribution >= 4 is 12.2 Å². The van der Waals surface area contributed by atoms with Crippen molar-refractivity contribution in [3.63, 3.8) is 0 Å². The second kappa shape index (κ2) is 14.6. The van der Waals surface area contributed by atoms with Gasteiger partial charge < -0.3 is 15.0 Å². The molecule has 0 bridgehead atoms. The summed E-state index contributed by atoms with van der Waals surface area (Å²) >= 11 is 0. The standard InChI is InChI=1S/C19H27N4O2.CO2.Li/c1-19(2,3)25-18(24)21-12-7-4-5-9-13-23-15-16(14-22-23)17-10-6-8-11-20-17;2-1-3;/h6,8,10,14-15H,4-5,7,9,12-13H2,1-3H3,(H,21,24);;/q-1;;+1. The van der Waals surface area contributed by atoms with Crippen LogP contribution in [0.15, 0.2) is 30.6 Å². The fourth-order valence-electron chi connectivity index (χ4n) is 2.36. The summed E-state index contributed by atoms with van der Waals surface area (Å²) in [5, 5.41) is 7.15. The summed E-state index contributed by atoms with van der Waals surface area (Å²) in [7, 11) is 0. The quantitative estimate of drug-likeness (QED) is 0.391. The zero-order valence-electron chi connectivity index (χ0n) is 17.6. The first-order chi connectivity index (χ1) is 13.4. The van der Waals surface area contributed by atoms with Crippen LogP contribution in [0, 0.1) is 6.20 Å².